The minimum Gasteiger partial charge on any atom is -0.0619 e. The zero-order valence-electron chi connectivity index (χ0n) is 28.7. The van der Waals surface area contributed by atoms with Crippen molar-refractivity contribution in [2.24, 2.45) is 0 Å². The maximum absolute atomic E-state index is 2.48. The van der Waals surface area contributed by atoms with Gasteiger partial charge in [0, 0.05) is 5.41 Å². The van der Waals surface area contributed by atoms with Gasteiger partial charge >= 0.3 is 0 Å². The van der Waals surface area contributed by atoms with Gasteiger partial charge in [0.1, 0.15) is 0 Å². The number of benzene rings is 10. The molecule has 0 aromatic heterocycles. The normalized spacial score (nSPS) is 13.5. The summed E-state index contributed by atoms with van der Waals surface area (Å²) in [5.41, 5.74) is 13.1. The van der Waals surface area contributed by atoms with Crippen molar-refractivity contribution >= 4 is 53.9 Å². The standard InChI is InChI=1S/C51H34/c1-51(2)47-14-8-7-13-40(47)41-23-21-38(29-48(41)51)46-30-45(37-18-16-32-10-4-6-12-35(32)28-37)43-24-20-33-19-22-39(42-25-26-44(46)50(43)49(33)42)36-17-15-31-9-3-5-11-34(31)27-36/h3-30H,1-2H3. The van der Waals surface area contributed by atoms with Crippen molar-refractivity contribution in [3.8, 4) is 44.5 Å². The lowest BCUT2D eigenvalue weighted by atomic mass is 9.80. The van der Waals surface area contributed by atoms with E-state index in [9.17, 15) is 0 Å². The second-order valence-corrected chi connectivity index (χ2v) is 14.9. The molecule has 51 heavy (non-hydrogen) atoms. The summed E-state index contributed by atoms with van der Waals surface area (Å²) < 4.78 is 0. The van der Waals surface area contributed by atoms with Crippen LogP contribution in [-0.2, 0) is 5.41 Å². The number of hydrogen-bond acceptors (Lipinski definition) is 0. The Morgan fingerprint density at radius 1 is 0.294 bits per heavy atom. The largest absolute Gasteiger partial charge is 0.0619 e. The summed E-state index contributed by atoms with van der Waals surface area (Å²) in [6.07, 6.45) is 0. The highest BCUT2D eigenvalue weighted by molar-refractivity contribution is 6.30. The molecule has 0 amide bonds. The molecule has 0 saturated heterocycles. The minimum absolute atomic E-state index is 0.0678. The molecule has 0 atom stereocenters. The van der Waals surface area contributed by atoms with Crippen molar-refractivity contribution in [3.63, 3.8) is 0 Å². The van der Waals surface area contributed by atoms with E-state index in [1.807, 2.05) is 0 Å². The molecule has 0 fully saturated rings. The van der Waals surface area contributed by atoms with Gasteiger partial charge in [-0.3, -0.25) is 0 Å². The van der Waals surface area contributed by atoms with Crippen molar-refractivity contribution < 1.29 is 0 Å². The zero-order chi connectivity index (χ0) is 33.8. The summed E-state index contributed by atoms with van der Waals surface area (Å²) >= 11 is 0. The van der Waals surface area contributed by atoms with Crippen LogP contribution in [0.15, 0.2) is 170 Å². The van der Waals surface area contributed by atoms with Crippen molar-refractivity contribution in [2.45, 2.75) is 19.3 Å². The number of rotatable bonds is 3. The molecule has 11 rings (SSSR count). The molecule has 238 valence electrons. The van der Waals surface area contributed by atoms with Crippen LogP contribution in [-0.4, -0.2) is 0 Å². The van der Waals surface area contributed by atoms with Crippen molar-refractivity contribution in [1.29, 1.82) is 0 Å². The highest BCUT2D eigenvalue weighted by Crippen LogP contribution is 2.51. The van der Waals surface area contributed by atoms with Crippen LogP contribution in [0.5, 0.6) is 0 Å². The molecule has 0 spiro atoms. The molecule has 0 bridgehead atoms. The molecule has 1 aliphatic rings. The predicted octanol–water partition coefficient (Wildman–Crippen LogP) is 14.2. The van der Waals surface area contributed by atoms with Crippen molar-refractivity contribution in [2.75, 3.05) is 0 Å². The van der Waals surface area contributed by atoms with Crippen LogP contribution in [0, 0.1) is 0 Å². The van der Waals surface area contributed by atoms with E-state index in [-0.39, 0.29) is 5.41 Å². The minimum atomic E-state index is -0.0678. The molecule has 0 radical (unpaired) electrons. The summed E-state index contributed by atoms with van der Waals surface area (Å²) in [7, 11) is 0. The van der Waals surface area contributed by atoms with Gasteiger partial charge in [-0.1, -0.05) is 159 Å². The lowest BCUT2D eigenvalue weighted by Crippen LogP contribution is -2.14. The Hall–Kier alpha value is -6.24. The van der Waals surface area contributed by atoms with Crippen LogP contribution in [0.1, 0.15) is 25.0 Å². The lowest BCUT2D eigenvalue weighted by Gasteiger charge is -2.23. The fourth-order valence-corrected chi connectivity index (χ4v) is 9.21. The monoisotopic (exact) mass is 646 g/mol. The maximum atomic E-state index is 2.48. The van der Waals surface area contributed by atoms with E-state index in [2.05, 4.69) is 184 Å². The van der Waals surface area contributed by atoms with Gasteiger partial charge in [-0.15, -0.1) is 0 Å². The van der Waals surface area contributed by atoms with Gasteiger partial charge in [-0.05, 0) is 134 Å². The Bertz CT molecular complexity index is 3050. The van der Waals surface area contributed by atoms with Crippen LogP contribution in [0.2, 0.25) is 0 Å². The third-order valence-electron chi connectivity index (χ3n) is 11.8. The molecule has 0 unspecified atom stereocenters. The third-order valence-corrected chi connectivity index (χ3v) is 11.8. The Kier molecular flexibility index (Phi) is 5.82. The van der Waals surface area contributed by atoms with Crippen LogP contribution in [0.3, 0.4) is 0 Å². The predicted molar refractivity (Wildman–Crippen MR) is 219 cm³/mol. The number of fused-ring (bicyclic) bond motifs is 5. The summed E-state index contributed by atoms with van der Waals surface area (Å²) in [4.78, 5) is 0. The molecule has 0 heterocycles. The van der Waals surface area contributed by atoms with Gasteiger partial charge < -0.3 is 0 Å². The first-order chi connectivity index (χ1) is 25.0. The molecular weight excluding hydrogens is 613 g/mol. The smallest absolute Gasteiger partial charge is 0.0159 e. The van der Waals surface area contributed by atoms with Gasteiger partial charge in [0.25, 0.3) is 0 Å². The highest BCUT2D eigenvalue weighted by atomic mass is 14.4. The fourth-order valence-electron chi connectivity index (χ4n) is 9.21. The molecule has 0 heteroatoms. The SMILES string of the molecule is CC1(C)c2ccccc2-c2ccc(-c3cc(-c4ccc5ccccc5c4)c4ccc5ccc(-c6ccc7ccccc7c6)c6ccc3c4c56)cc21. The lowest BCUT2D eigenvalue weighted by molar-refractivity contribution is 0.660. The van der Waals surface area contributed by atoms with Gasteiger partial charge in [0.2, 0.25) is 0 Å². The van der Waals surface area contributed by atoms with Gasteiger partial charge in [-0.25, -0.2) is 0 Å². The molecule has 1 aliphatic carbocycles. The van der Waals surface area contributed by atoms with E-state index < -0.39 is 0 Å². The van der Waals surface area contributed by atoms with Crippen LogP contribution in [0.4, 0.5) is 0 Å². The Balaban J connectivity index is 1.22. The maximum Gasteiger partial charge on any atom is 0.0159 e. The summed E-state index contributed by atoms with van der Waals surface area (Å²) in [5.74, 6) is 0. The first-order valence-electron chi connectivity index (χ1n) is 18.0. The molecule has 0 N–H and O–H groups in total. The molecule has 10 aromatic carbocycles. The highest BCUT2D eigenvalue weighted by Gasteiger charge is 2.35. The Labute approximate surface area is 297 Å². The second-order valence-electron chi connectivity index (χ2n) is 14.9. The van der Waals surface area contributed by atoms with E-state index in [1.54, 1.807) is 0 Å². The quantitative estimate of drug-likeness (QED) is 0.168. The van der Waals surface area contributed by atoms with Crippen LogP contribution in [0.25, 0.3) is 98.4 Å². The van der Waals surface area contributed by atoms with E-state index in [0.29, 0.717) is 0 Å². The van der Waals surface area contributed by atoms with Crippen molar-refractivity contribution in [1.82, 2.24) is 0 Å². The van der Waals surface area contributed by atoms with E-state index in [1.165, 1.54) is 109 Å². The van der Waals surface area contributed by atoms with Crippen LogP contribution >= 0.6 is 0 Å². The van der Waals surface area contributed by atoms with Crippen molar-refractivity contribution in [3.05, 3.63) is 181 Å². The van der Waals surface area contributed by atoms with Crippen LogP contribution < -0.4 is 0 Å². The topological polar surface area (TPSA) is 0 Å². The summed E-state index contributed by atoms with van der Waals surface area (Å²) in [6.45, 7) is 4.75. The molecule has 0 saturated carbocycles. The molecule has 0 nitrogen and oxygen atoms in total. The van der Waals surface area contributed by atoms with E-state index in [0.717, 1.165) is 0 Å². The van der Waals surface area contributed by atoms with E-state index >= 15 is 0 Å². The number of hydrogen-bond donors (Lipinski definition) is 0. The van der Waals surface area contributed by atoms with Gasteiger partial charge in [-0.2, -0.15) is 0 Å². The average molecular weight is 647 g/mol. The molecular formula is C51H34. The second kappa shape index (κ2) is 10.4. The molecule has 0 aliphatic heterocycles. The first kappa shape index (κ1) is 28.6. The summed E-state index contributed by atoms with van der Waals surface area (Å²) in [6, 6.07) is 63.9. The van der Waals surface area contributed by atoms with E-state index in [4.69, 9.17) is 0 Å². The average Bonchev–Trinajstić information content (AvgIpc) is 3.41. The third kappa shape index (κ3) is 4.08. The summed E-state index contributed by atoms with van der Waals surface area (Å²) in [5, 5.41) is 12.9. The first-order valence-corrected chi connectivity index (χ1v) is 18.0. The van der Waals surface area contributed by atoms with Gasteiger partial charge in [0.15, 0.2) is 0 Å². The zero-order valence-corrected chi connectivity index (χ0v) is 28.7. The van der Waals surface area contributed by atoms with Gasteiger partial charge in [0.05, 0.1) is 0 Å². The fraction of sp³-hybridized carbons (Fsp3) is 0.0588. The molecule has 10 aromatic rings. The Morgan fingerprint density at radius 2 is 0.765 bits per heavy atom. The Morgan fingerprint density at radius 3 is 1.47 bits per heavy atom.